The highest BCUT2D eigenvalue weighted by Gasteiger charge is 2.32. The minimum Gasteiger partial charge on any atom is -0.491 e. The van der Waals surface area contributed by atoms with Crippen molar-refractivity contribution in [3.05, 3.63) is 147 Å². The maximum absolute atomic E-state index is 11.8. The number of hydrogen-bond donors (Lipinski definition) is 3. The summed E-state index contributed by atoms with van der Waals surface area (Å²) >= 11 is 0. The maximum atomic E-state index is 11.8. The average molecular weight is 814 g/mol. The molecule has 3 rings (SSSR count). The molecular weight excluding hydrogens is 757 g/mol. The van der Waals surface area contributed by atoms with Gasteiger partial charge in [0.2, 0.25) is 0 Å². The van der Waals surface area contributed by atoms with E-state index in [9.17, 15) is 29.7 Å². The lowest BCUT2D eigenvalue weighted by atomic mass is 9.71. The van der Waals surface area contributed by atoms with Crippen LogP contribution in [0.5, 0.6) is 17.2 Å². The molecule has 3 radical (unpaired) electrons. The normalized spacial score (nSPS) is 15.2. The molecule has 0 bridgehead atoms. The minimum absolute atomic E-state index is 0.0519. The molecule has 0 aliphatic rings. The van der Waals surface area contributed by atoms with Gasteiger partial charge in [0.15, 0.2) is 0 Å². The van der Waals surface area contributed by atoms with Gasteiger partial charge in [-0.2, -0.15) is 0 Å². The third kappa shape index (κ3) is 15.4. The first-order chi connectivity index (χ1) is 27.8. The molecule has 0 spiro atoms. The van der Waals surface area contributed by atoms with Crippen molar-refractivity contribution in [3.8, 4) is 17.2 Å². The van der Waals surface area contributed by atoms with E-state index < -0.39 is 59.9 Å². The summed E-state index contributed by atoms with van der Waals surface area (Å²) < 4.78 is 33.0. The molecule has 0 fully saturated rings. The zero-order valence-corrected chi connectivity index (χ0v) is 34.4. The molecule has 0 amide bonds. The monoisotopic (exact) mass is 813 g/mol. The van der Waals surface area contributed by atoms with Crippen molar-refractivity contribution in [3.63, 3.8) is 0 Å². The predicted octanol–water partition coefficient (Wildman–Crippen LogP) is 6.40. The van der Waals surface area contributed by atoms with Crippen LogP contribution in [-0.2, 0) is 34.0 Å². The molecule has 6 unspecified atom stereocenters. The summed E-state index contributed by atoms with van der Waals surface area (Å²) in [7, 11) is 0. The zero-order valence-electron chi connectivity index (χ0n) is 34.4. The average Bonchev–Trinajstić information content (AvgIpc) is 3.18. The molecule has 317 valence electrons. The zero-order chi connectivity index (χ0) is 43.9. The Kier molecular flexibility index (Phi) is 18.4. The molecule has 0 aliphatic heterocycles. The van der Waals surface area contributed by atoms with Gasteiger partial charge in [-0.05, 0) is 102 Å². The van der Waals surface area contributed by atoms with Crippen molar-refractivity contribution in [2.45, 2.75) is 89.0 Å². The molecule has 0 heterocycles. The van der Waals surface area contributed by atoms with Gasteiger partial charge < -0.3 is 43.7 Å². The molecule has 3 aromatic rings. The Morgan fingerprint density at radius 1 is 0.492 bits per heavy atom. The second kappa shape index (κ2) is 22.6. The second-order valence-electron chi connectivity index (χ2n) is 14.7. The SMILES string of the molecule is [CH2]C(CC(O)COc1ccc(C(C)(c2ccc(OCC(O)CC([CH2])OC(=O)C(=C)C)cc2)c2ccc(OCC(O)CC([CH2])OC(=O)C(=C)C)cc2)cc1)OC(=O)C(=C)C. The third-order valence-corrected chi connectivity index (χ3v) is 9.09. The number of hydrogen-bond acceptors (Lipinski definition) is 12. The number of rotatable bonds is 24. The number of carbonyl (C=O) groups excluding carboxylic acids is 3. The van der Waals surface area contributed by atoms with E-state index in [1.807, 2.05) is 36.4 Å². The summed E-state index contributed by atoms with van der Waals surface area (Å²) in [6.45, 7) is 28.5. The highest BCUT2D eigenvalue weighted by Crippen LogP contribution is 2.40. The molecule has 6 atom stereocenters. The van der Waals surface area contributed by atoms with Crippen LogP contribution >= 0.6 is 0 Å². The van der Waals surface area contributed by atoms with Gasteiger partial charge in [-0.15, -0.1) is 0 Å². The van der Waals surface area contributed by atoms with Gasteiger partial charge in [-0.3, -0.25) is 0 Å². The smallest absolute Gasteiger partial charge is 0.333 e. The fourth-order valence-electron chi connectivity index (χ4n) is 5.75. The molecule has 0 saturated carbocycles. The molecule has 0 aliphatic carbocycles. The summed E-state index contributed by atoms with van der Waals surface area (Å²) in [4.78, 5) is 35.4. The summed E-state index contributed by atoms with van der Waals surface area (Å²) in [5, 5.41) is 31.5. The van der Waals surface area contributed by atoms with Crippen LogP contribution in [0.25, 0.3) is 0 Å². The first kappa shape index (κ1) is 47.9. The van der Waals surface area contributed by atoms with E-state index in [1.165, 1.54) is 20.8 Å². The van der Waals surface area contributed by atoms with Crippen LogP contribution < -0.4 is 14.2 Å². The Hall–Kier alpha value is -5.43. The van der Waals surface area contributed by atoms with Crippen LogP contribution in [-0.4, -0.2) is 89.7 Å². The first-order valence-corrected chi connectivity index (χ1v) is 19.1. The highest BCUT2D eigenvalue weighted by atomic mass is 16.6. The van der Waals surface area contributed by atoms with E-state index in [1.54, 1.807) is 36.4 Å². The van der Waals surface area contributed by atoms with E-state index in [-0.39, 0.29) is 55.8 Å². The van der Waals surface area contributed by atoms with Gasteiger partial charge in [-0.1, -0.05) is 56.1 Å². The Balaban J connectivity index is 1.78. The van der Waals surface area contributed by atoms with Crippen LogP contribution in [0.15, 0.2) is 109 Å². The third-order valence-electron chi connectivity index (χ3n) is 9.09. The Labute approximate surface area is 348 Å². The fourth-order valence-corrected chi connectivity index (χ4v) is 5.75. The van der Waals surface area contributed by atoms with E-state index in [0.29, 0.717) is 17.2 Å². The van der Waals surface area contributed by atoms with Crippen molar-refractivity contribution in [1.82, 2.24) is 0 Å². The number of aliphatic hydroxyl groups is 3. The minimum atomic E-state index is -0.942. The number of carbonyl (C=O) groups is 3. The van der Waals surface area contributed by atoms with Crippen LogP contribution in [0.3, 0.4) is 0 Å². The first-order valence-electron chi connectivity index (χ1n) is 19.1. The van der Waals surface area contributed by atoms with Crippen molar-refractivity contribution in [2.75, 3.05) is 19.8 Å². The van der Waals surface area contributed by atoms with Crippen LogP contribution in [0.1, 0.15) is 63.6 Å². The van der Waals surface area contributed by atoms with E-state index in [2.05, 4.69) is 47.4 Å². The molecule has 12 nitrogen and oxygen atoms in total. The van der Waals surface area contributed by atoms with E-state index in [4.69, 9.17) is 28.4 Å². The van der Waals surface area contributed by atoms with Gasteiger partial charge in [0, 0.05) is 41.4 Å². The predicted molar refractivity (Wildman–Crippen MR) is 223 cm³/mol. The van der Waals surface area contributed by atoms with Gasteiger partial charge in [-0.25, -0.2) is 14.4 Å². The molecule has 0 aromatic heterocycles. The second-order valence-corrected chi connectivity index (χ2v) is 14.7. The van der Waals surface area contributed by atoms with E-state index >= 15 is 0 Å². The summed E-state index contributed by atoms with van der Waals surface area (Å²) in [5.74, 6) is -0.202. The van der Waals surface area contributed by atoms with Crippen molar-refractivity contribution >= 4 is 17.9 Å². The molecule has 3 aromatic carbocycles. The van der Waals surface area contributed by atoms with Crippen LogP contribution in [0.4, 0.5) is 0 Å². The largest absolute Gasteiger partial charge is 0.491 e. The standard InChI is InChI=1S/C47H57O12/c1-29(2)44(51)57-32(7)23-38(48)26-54-41-17-11-35(12-18-41)47(10,36-13-19-42(20-14-36)55-27-39(49)24-33(8)58-45(52)30(3)4)37-15-21-43(22-16-37)56-28-40(50)25-34(9)59-46(53)31(5)6/h11-22,32-34,38-40,48-50H,1,3,5,7-9,23-28H2,2,4,6,10H3. The number of benzene rings is 3. The topological polar surface area (TPSA) is 167 Å². The number of aliphatic hydroxyl groups excluding tert-OH is 3. The lowest BCUT2D eigenvalue weighted by Crippen LogP contribution is -2.27. The molecule has 59 heavy (non-hydrogen) atoms. The van der Waals surface area contributed by atoms with Gasteiger partial charge >= 0.3 is 17.9 Å². The lowest BCUT2D eigenvalue weighted by molar-refractivity contribution is -0.144. The Morgan fingerprint density at radius 2 is 0.712 bits per heavy atom. The molecular formula is C47H57O12. The Morgan fingerprint density at radius 3 is 0.915 bits per heavy atom. The van der Waals surface area contributed by atoms with Gasteiger partial charge in [0.05, 0.1) is 18.3 Å². The van der Waals surface area contributed by atoms with Gasteiger partial charge in [0.25, 0.3) is 0 Å². The maximum Gasteiger partial charge on any atom is 0.333 e. The van der Waals surface area contributed by atoms with Crippen LogP contribution in [0, 0.1) is 20.8 Å². The molecule has 3 N–H and O–H groups in total. The highest BCUT2D eigenvalue weighted by molar-refractivity contribution is 5.87. The van der Waals surface area contributed by atoms with Crippen molar-refractivity contribution < 1.29 is 58.1 Å². The fraction of sp³-hybridized carbons (Fsp3) is 0.362. The molecule has 0 saturated heterocycles. The molecule has 12 heteroatoms. The van der Waals surface area contributed by atoms with Gasteiger partial charge in [0.1, 0.15) is 55.4 Å². The summed E-state index contributed by atoms with van der Waals surface area (Å²) in [6, 6.07) is 22.3. The lowest BCUT2D eigenvalue weighted by Gasteiger charge is -2.32. The summed E-state index contributed by atoms with van der Waals surface area (Å²) in [6.07, 6.45) is -4.92. The number of ether oxygens (including phenoxy) is 6. The quantitative estimate of drug-likeness (QED) is 0.0395. The van der Waals surface area contributed by atoms with E-state index in [0.717, 1.165) is 16.7 Å². The van der Waals surface area contributed by atoms with Crippen molar-refractivity contribution in [2.24, 2.45) is 0 Å². The number of esters is 3. The summed E-state index contributed by atoms with van der Waals surface area (Å²) in [5.41, 5.74) is 2.70. The van der Waals surface area contributed by atoms with Crippen LogP contribution in [0.2, 0.25) is 0 Å². The van der Waals surface area contributed by atoms with Crippen molar-refractivity contribution in [1.29, 1.82) is 0 Å². The Bertz CT molecular complexity index is 1650.